The van der Waals surface area contributed by atoms with Gasteiger partial charge in [-0.15, -0.1) is 0 Å². The zero-order chi connectivity index (χ0) is 15.8. The number of benzene rings is 3. The Morgan fingerprint density at radius 2 is 1.39 bits per heavy atom. The quantitative estimate of drug-likeness (QED) is 0.439. The van der Waals surface area contributed by atoms with Crippen molar-refractivity contribution < 1.29 is 0 Å². The average Bonchev–Trinajstić information content (AvgIpc) is 2.89. The van der Waals surface area contributed by atoms with E-state index in [1.165, 1.54) is 38.9 Å². The first-order chi connectivity index (χ1) is 11.3. The van der Waals surface area contributed by atoms with E-state index in [-0.39, 0.29) is 0 Å². The molecule has 112 valence electrons. The monoisotopic (exact) mass is 297 g/mol. The van der Waals surface area contributed by atoms with Crippen LogP contribution in [0.1, 0.15) is 5.56 Å². The third-order valence-corrected chi connectivity index (χ3v) is 4.46. The van der Waals surface area contributed by atoms with E-state index in [0.29, 0.717) is 0 Å². The van der Waals surface area contributed by atoms with Crippen LogP contribution >= 0.6 is 0 Å². The average molecular weight is 297 g/mol. The molecule has 0 fully saturated rings. The molecule has 1 heterocycles. The second kappa shape index (κ2) is 5.44. The van der Waals surface area contributed by atoms with Gasteiger partial charge in [-0.25, -0.2) is 0 Å². The summed E-state index contributed by atoms with van der Waals surface area (Å²) in [5.41, 5.74) is 7.68. The highest BCUT2D eigenvalue weighted by atomic mass is 14.9. The highest BCUT2D eigenvalue weighted by Crippen LogP contribution is 2.40. The van der Waals surface area contributed by atoms with E-state index >= 15 is 0 Å². The number of hydrogen-bond donors (Lipinski definition) is 0. The largest absolute Gasteiger partial charge is 0.343 e. The van der Waals surface area contributed by atoms with Gasteiger partial charge in [-0.1, -0.05) is 78.4 Å². The Labute approximate surface area is 136 Å². The van der Waals surface area contributed by atoms with Gasteiger partial charge in [0.05, 0.1) is 5.69 Å². The Kier molecular flexibility index (Phi) is 3.27. The third-order valence-electron chi connectivity index (χ3n) is 4.46. The summed E-state index contributed by atoms with van der Waals surface area (Å²) >= 11 is 0. The van der Waals surface area contributed by atoms with Crippen LogP contribution in [0, 0.1) is 6.92 Å². The number of aromatic nitrogens is 1. The van der Waals surface area contributed by atoms with Gasteiger partial charge in [0, 0.05) is 23.5 Å². The van der Waals surface area contributed by atoms with Gasteiger partial charge in [-0.2, -0.15) is 0 Å². The Balaban J connectivity index is 2.13. The van der Waals surface area contributed by atoms with Crippen LogP contribution in [0.15, 0.2) is 78.9 Å². The van der Waals surface area contributed by atoms with Crippen LogP contribution in [0.2, 0.25) is 0 Å². The van der Waals surface area contributed by atoms with Crippen molar-refractivity contribution >= 4 is 10.9 Å². The van der Waals surface area contributed by atoms with Gasteiger partial charge in [-0.05, 0) is 24.1 Å². The molecule has 3 aromatic carbocycles. The van der Waals surface area contributed by atoms with E-state index in [1.54, 1.807) is 0 Å². The van der Waals surface area contributed by atoms with Crippen molar-refractivity contribution in [2.45, 2.75) is 6.92 Å². The summed E-state index contributed by atoms with van der Waals surface area (Å²) in [6.45, 7) is 2.15. The molecule has 0 aliphatic heterocycles. The van der Waals surface area contributed by atoms with Crippen molar-refractivity contribution in [3.63, 3.8) is 0 Å². The van der Waals surface area contributed by atoms with E-state index in [9.17, 15) is 0 Å². The topological polar surface area (TPSA) is 4.93 Å². The summed E-state index contributed by atoms with van der Waals surface area (Å²) in [6, 6.07) is 28.1. The van der Waals surface area contributed by atoms with Crippen LogP contribution in [-0.4, -0.2) is 4.57 Å². The summed E-state index contributed by atoms with van der Waals surface area (Å²) in [4.78, 5) is 0. The number of hydrogen-bond acceptors (Lipinski definition) is 0. The fourth-order valence-electron chi connectivity index (χ4n) is 3.42. The molecule has 4 aromatic rings. The molecule has 0 unspecified atom stereocenters. The number of rotatable bonds is 2. The molecule has 1 nitrogen and oxygen atoms in total. The smallest absolute Gasteiger partial charge is 0.0568 e. The predicted molar refractivity (Wildman–Crippen MR) is 98.5 cm³/mol. The molecule has 0 atom stereocenters. The molecule has 0 amide bonds. The molecule has 0 saturated heterocycles. The molecule has 0 saturated carbocycles. The van der Waals surface area contributed by atoms with E-state index in [2.05, 4.69) is 97.4 Å². The Bertz CT molecular complexity index is 977. The lowest BCUT2D eigenvalue weighted by Gasteiger charge is -2.09. The Morgan fingerprint density at radius 1 is 0.696 bits per heavy atom. The molecule has 1 aromatic heterocycles. The molecular formula is C22H19N. The van der Waals surface area contributed by atoms with E-state index < -0.39 is 0 Å². The van der Waals surface area contributed by atoms with Gasteiger partial charge in [-0.3, -0.25) is 0 Å². The fourth-order valence-corrected chi connectivity index (χ4v) is 3.42. The normalized spacial score (nSPS) is 11.0. The van der Waals surface area contributed by atoms with Crippen molar-refractivity contribution in [2.75, 3.05) is 0 Å². The van der Waals surface area contributed by atoms with Crippen molar-refractivity contribution in [1.29, 1.82) is 0 Å². The van der Waals surface area contributed by atoms with Crippen LogP contribution in [0.3, 0.4) is 0 Å². The van der Waals surface area contributed by atoms with Gasteiger partial charge in [0.2, 0.25) is 0 Å². The van der Waals surface area contributed by atoms with Crippen molar-refractivity contribution in [1.82, 2.24) is 4.57 Å². The number of aryl methyl sites for hydroxylation is 2. The van der Waals surface area contributed by atoms with Crippen molar-refractivity contribution in [3.8, 4) is 22.4 Å². The zero-order valence-electron chi connectivity index (χ0n) is 13.5. The molecule has 0 aliphatic carbocycles. The predicted octanol–water partition coefficient (Wildman–Crippen LogP) is 5.82. The second-order valence-electron chi connectivity index (χ2n) is 6.04. The lowest BCUT2D eigenvalue weighted by Crippen LogP contribution is -1.92. The third kappa shape index (κ3) is 2.25. The van der Waals surface area contributed by atoms with Gasteiger partial charge in [0.25, 0.3) is 0 Å². The highest BCUT2D eigenvalue weighted by Gasteiger charge is 2.17. The molecule has 0 bridgehead atoms. The maximum atomic E-state index is 2.31. The lowest BCUT2D eigenvalue weighted by molar-refractivity contribution is 0.979. The molecule has 0 spiro atoms. The summed E-state index contributed by atoms with van der Waals surface area (Å²) < 4.78 is 2.31. The number of nitrogens with zero attached hydrogens (tertiary/aromatic N) is 1. The molecule has 1 heteroatoms. The van der Waals surface area contributed by atoms with E-state index in [1.807, 2.05) is 0 Å². The second-order valence-corrected chi connectivity index (χ2v) is 6.04. The van der Waals surface area contributed by atoms with Crippen LogP contribution in [0.5, 0.6) is 0 Å². The van der Waals surface area contributed by atoms with Crippen LogP contribution in [0.4, 0.5) is 0 Å². The Morgan fingerprint density at radius 3 is 2.17 bits per heavy atom. The highest BCUT2D eigenvalue weighted by molar-refractivity contribution is 6.04. The van der Waals surface area contributed by atoms with Crippen molar-refractivity contribution in [3.05, 3.63) is 84.4 Å². The minimum Gasteiger partial charge on any atom is -0.343 e. The molecule has 4 rings (SSSR count). The minimum atomic E-state index is 1.25. The molecule has 0 aliphatic rings. The standard InChI is InChI=1S/C22H19N/c1-16-9-8-12-18(15-16)21-19-13-6-7-14-20(19)23(2)22(21)17-10-4-3-5-11-17/h3-15H,1-2H3. The molecule has 0 N–H and O–H groups in total. The maximum Gasteiger partial charge on any atom is 0.0568 e. The fraction of sp³-hybridized carbons (Fsp3) is 0.0909. The van der Waals surface area contributed by atoms with Crippen LogP contribution in [0.25, 0.3) is 33.3 Å². The van der Waals surface area contributed by atoms with Crippen LogP contribution < -0.4 is 0 Å². The summed E-state index contributed by atoms with van der Waals surface area (Å²) in [5, 5.41) is 1.31. The SMILES string of the molecule is Cc1cccc(-c2c(-c3ccccc3)n(C)c3ccccc23)c1. The van der Waals surface area contributed by atoms with Gasteiger partial charge in [0.1, 0.15) is 0 Å². The first-order valence-electron chi connectivity index (χ1n) is 7.95. The molecule has 23 heavy (non-hydrogen) atoms. The zero-order valence-corrected chi connectivity index (χ0v) is 13.5. The summed E-state index contributed by atoms with van der Waals surface area (Å²) in [6.07, 6.45) is 0. The molecule has 0 radical (unpaired) electrons. The molecular weight excluding hydrogens is 278 g/mol. The van der Waals surface area contributed by atoms with Gasteiger partial charge < -0.3 is 4.57 Å². The number of fused-ring (bicyclic) bond motifs is 1. The lowest BCUT2D eigenvalue weighted by atomic mass is 9.97. The maximum absolute atomic E-state index is 2.31. The van der Waals surface area contributed by atoms with E-state index in [4.69, 9.17) is 0 Å². The summed E-state index contributed by atoms with van der Waals surface area (Å²) in [7, 11) is 2.16. The van der Waals surface area contributed by atoms with Gasteiger partial charge in [0.15, 0.2) is 0 Å². The van der Waals surface area contributed by atoms with Crippen LogP contribution in [-0.2, 0) is 7.05 Å². The summed E-state index contributed by atoms with van der Waals surface area (Å²) in [5.74, 6) is 0. The first-order valence-corrected chi connectivity index (χ1v) is 7.95. The number of para-hydroxylation sites is 1. The van der Waals surface area contributed by atoms with Crippen molar-refractivity contribution in [2.24, 2.45) is 7.05 Å². The Hall–Kier alpha value is -2.80. The van der Waals surface area contributed by atoms with E-state index in [0.717, 1.165) is 0 Å². The van der Waals surface area contributed by atoms with Gasteiger partial charge >= 0.3 is 0 Å². The first kappa shape index (κ1) is 13.8. The minimum absolute atomic E-state index is 1.25.